The van der Waals surface area contributed by atoms with E-state index in [-0.39, 0.29) is 11.8 Å². The van der Waals surface area contributed by atoms with Crippen LogP contribution in [0.4, 0.5) is 0 Å². The van der Waals surface area contributed by atoms with Crippen LogP contribution in [0, 0.1) is 0 Å². The van der Waals surface area contributed by atoms with Gasteiger partial charge in [-0.3, -0.25) is 9.78 Å². The van der Waals surface area contributed by atoms with Crippen LogP contribution in [0.1, 0.15) is 38.5 Å². The van der Waals surface area contributed by atoms with Gasteiger partial charge in [-0.05, 0) is 28.8 Å². The number of carbonyl (C=O) groups excluding carboxylic acids is 1. The predicted molar refractivity (Wildman–Crippen MR) is 83.0 cm³/mol. The highest BCUT2D eigenvalue weighted by Gasteiger charge is 2.54. The Bertz CT molecular complexity index is 919. The molecule has 4 aliphatic rings. The highest BCUT2D eigenvalue weighted by molar-refractivity contribution is 6.06. The average Bonchev–Trinajstić information content (AvgIpc) is 2.90. The van der Waals surface area contributed by atoms with Crippen LogP contribution < -0.4 is 14.8 Å². The van der Waals surface area contributed by atoms with Gasteiger partial charge in [0.1, 0.15) is 5.54 Å². The summed E-state index contributed by atoms with van der Waals surface area (Å²) in [5.74, 6) is 1.03. The van der Waals surface area contributed by atoms with Crippen LogP contribution in [-0.4, -0.2) is 25.1 Å². The zero-order valence-electron chi connectivity index (χ0n) is 12.7. The molecule has 0 saturated heterocycles. The Kier molecular flexibility index (Phi) is 2.17. The summed E-state index contributed by atoms with van der Waals surface area (Å²) in [7, 11) is 3.15. The van der Waals surface area contributed by atoms with Crippen molar-refractivity contribution in [2.75, 3.05) is 14.2 Å². The van der Waals surface area contributed by atoms with Gasteiger partial charge in [0.05, 0.1) is 19.8 Å². The largest absolute Gasteiger partial charge is 0.493 e. The first-order valence-electron chi connectivity index (χ1n) is 7.47. The first-order valence-corrected chi connectivity index (χ1v) is 7.47. The third-order valence-corrected chi connectivity index (χ3v) is 5.12. The summed E-state index contributed by atoms with van der Waals surface area (Å²) in [6, 6.07) is 3.97. The lowest BCUT2D eigenvalue weighted by atomic mass is 9.64. The molecule has 1 aromatic heterocycles. The first kappa shape index (κ1) is 12.7. The quantitative estimate of drug-likeness (QED) is 0.863. The molecule has 1 spiro atoms. The minimum Gasteiger partial charge on any atom is -0.493 e. The van der Waals surface area contributed by atoms with Crippen LogP contribution in [0.2, 0.25) is 0 Å². The van der Waals surface area contributed by atoms with Crippen LogP contribution in [0.5, 0.6) is 11.5 Å². The smallest absolute Gasteiger partial charge is 0.256 e. The molecule has 2 bridgehead atoms. The topological polar surface area (TPSA) is 60.5 Å². The molecule has 114 valence electrons. The number of amides is 1. The zero-order valence-corrected chi connectivity index (χ0v) is 12.7. The van der Waals surface area contributed by atoms with E-state index >= 15 is 0 Å². The monoisotopic (exact) mass is 306 g/mol. The predicted octanol–water partition coefficient (Wildman–Crippen LogP) is 2.10. The van der Waals surface area contributed by atoms with Crippen LogP contribution in [-0.2, 0) is 5.54 Å². The van der Waals surface area contributed by atoms with E-state index in [1.165, 1.54) is 0 Å². The highest BCUT2D eigenvalue weighted by Crippen LogP contribution is 2.57. The van der Waals surface area contributed by atoms with Gasteiger partial charge in [-0.2, -0.15) is 0 Å². The van der Waals surface area contributed by atoms with Crippen molar-refractivity contribution in [2.24, 2.45) is 0 Å². The number of allylic oxidation sites excluding steroid dienone is 1. The number of benzene rings is 1. The Morgan fingerprint density at radius 1 is 1.26 bits per heavy atom. The maximum Gasteiger partial charge on any atom is 0.256 e. The van der Waals surface area contributed by atoms with Crippen LogP contribution in [0.25, 0.3) is 0 Å². The van der Waals surface area contributed by atoms with Gasteiger partial charge in [-0.15, -0.1) is 0 Å². The number of aromatic nitrogens is 1. The molecule has 5 heteroatoms. The number of hydrogen-bond donors (Lipinski definition) is 1. The lowest BCUT2D eigenvalue weighted by molar-refractivity contribution is 0.0946. The molecule has 6 rings (SSSR count). The SMILES string of the molecule is COc1cc2c3c(c1OC)C(=O)NC31C=CC2c2cnccc21. The minimum atomic E-state index is -0.617. The summed E-state index contributed by atoms with van der Waals surface area (Å²) in [5.41, 5.74) is 4.26. The van der Waals surface area contributed by atoms with E-state index in [1.807, 2.05) is 18.3 Å². The normalized spacial score (nSPS) is 25.0. The van der Waals surface area contributed by atoms with E-state index in [0.29, 0.717) is 17.1 Å². The molecule has 1 N–H and O–H groups in total. The molecule has 0 fully saturated rings. The van der Waals surface area contributed by atoms with E-state index in [0.717, 1.165) is 22.3 Å². The number of pyridine rings is 1. The molecular formula is C18H14N2O3. The van der Waals surface area contributed by atoms with E-state index in [9.17, 15) is 4.79 Å². The second-order valence-electron chi connectivity index (χ2n) is 6.01. The summed E-state index contributed by atoms with van der Waals surface area (Å²) in [4.78, 5) is 17.0. The molecule has 2 atom stereocenters. The van der Waals surface area contributed by atoms with Crippen molar-refractivity contribution in [3.05, 3.63) is 64.5 Å². The Morgan fingerprint density at radius 3 is 2.91 bits per heavy atom. The van der Waals surface area contributed by atoms with Gasteiger partial charge in [0, 0.05) is 23.9 Å². The molecule has 0 radical (unpaired) electrons. The van der Waals surface area contributed by atoms with Gasteiger partial charge >= 0.3 is 0 Å². The van der Waals surface area contributed by atoms with Crippen LogP contribution in [0.3, 0.4) is 0 Å². The average molecular weight is 306 g/mol. The Hall–Kier alpha value is -2.82. The molecule has 1 aromatic carbocycles. The summed E-state index contributed by atoms with van der Waals surface area (Å²) < 4.78 is 11.0. The number of methoxy groups -OCH3 is 2. The molecule has 3 aliphatic carbocycles. The third-order valence-electron chi connectivity index (χ3n) is 5.12. The van der Waals surface area contributed by atoms with Gasteiger partial charge in [0.2, 0.25) is 0 Å². The van der Waals surface area contributed by atoms with Gasteiger partial charge in [-0.25, -0.2) is 0 Å². The van der Waals surface area contributed by atoms with Crippen molar-refractivity contribution < 1.29 is 14.3 Å². The molecule has 5 nitrogen and oxygen atoms in total. The van der Waals surface area contributed by atoms with E-state index in [1.54, 1.807) is 20.4 Å². The number of rotatable bonds is 2. The summed E-state index contributed by atoms with van der Waals surface area (Å²) in [6.45, 7) is 0. The second-order valence-corrected chi connectivity index (χ2v) is 6.01. The molecule has 2 unspecified atom stereocenters. The molecule has 1 amide bonds. The molecule has 2 aromatic rings. The fraction of sp³-hybridized carbons (Fsp3) is 0.222. The zero-order chi connectivity index (χ0) is 15.8. The van der Waals surface area contributed by atoms with Gasteiger partial charge in [0.25, 0.3) is 5.91 Å². The molecular weight excluding hydrogens is 292 g/mol. The van der Waals surface area contributed by atoms with E-state index in [2.05, 4.69) is 22.5 Å². The van der Waals surface area contributed by atoms with Crippen molar-refractivity contribution in [1.29, 1.82) is 0 Å². The standard InChI is InChI=1S/C18H14N2O3/c1-22-13-7-10-9-3-5-18(12-4-6-19-8-11(9)12)15(10)14(16(13)23-2)17(21)20-18/h3-9H,1-2H3,(H,20,21). The number of ether oxygens (including phenoxy) is 2. The number of nitrogens with zero attached hydrogens (tertiary/aromatic N) is 1. The number of hydrogen-bond acceptors (Lipinski definition) is 4. The van der Waals surface area contributed by atoms with Crippen molar-refractivity contribution in [3.8, 4) is 11.5 Å². The second kappa shape index (κ2) is 3.93. The summed E-state index contributed by atoms with van der Waals surface area (Å²) >= 11 is 0. The third kappa shape index (κ3) is 1.25. The molecule has 1 aliphatic heterocycles. The van der Waals surface area contributed by atoms with E-state index < -0.39 is 5.54 Å². The van der Waals surface area contributed by atoms with Crippen molar-refractivity contribution in [2.45, 2.75) is 11.5 Å². The first-order chi connectivity index (χ1) is 11.2. The maximum absolute atomic E-state index is 12.8. The fourth-order valence-electron chi connectivity index (χ4n) is 4.25. The highest BCUT2D eigenvalue weighted by atomic mass is 16.5. The summed E-state index contributed by atoms with van der Waals surface area (Å²) in [6.07, 6.45) is 7.87. The van der Waals surface area contributed by atoms with Crippen molar-refractivity contribution in [1.82, 2.24) is 10.3 Å². The molecule has 23 heavy (non-hydrogen) atoms. The number of nitrogens with one attached hydrogen (secondary N) is 1. The van der Waals surface area contributed by atoms with Crippen molar-refractivity contribution >= 4 is 5.91 Å². The van der Waals surface area contributed by atoms with E-state index in [4.69, 9.17) is 9.47 Å². The van der Waals surface area contributed by atoms with Crippen molar-refractivity contribution in [3.63, 3.8) is 0 Å². The molecule has 2 heterocycles. The van der Waals surface area contributed by atoms with Gasteiger partial charge in [-0.1, -0.05) is 12.2 Å². The minimum absolute atomic E-state index is 0.0850. The van der Waals surface area contributed by atoms with Gasteiger partial charge < -0.3 is 14.8 Å². The maximum atomic E-state index is 12.8. The Balaban J connectivity index is 1.94. The lowest BCUT2D eigenvalue weighted by Crippen LogP contribution is -2.44. The van der Waals surface area contributed by atoms with Crippen LogP contribution >= 0.6 is 0 Å². The lowest BCUT2D eigenvalue weighted by Gasteiger charge is -2.42. The summed E-state index contributed by atoms with van der Waals surface area (Å²) in [5, 5.41) is 3.16. The van der Waals surface area contributed by atoms with Gasteiger partial charge in [0.15, 0.2) is 11.5 Å². The van der Waals surface area contributed by atoms with Crippen LogP contribution in [0.15, 0.2) is 36.7 Å². The Labute approximate surface area is 132 Å². The number of carbonyl (C=O) groups is 1. The fourth-order valence-corrected chi connectivity index (χ4v) is 4.25. The molecule has 0 saturated carbocycles. The Morgan fingerprint density at radius 2 is 2.13 bits per heavy atom.